The van der Waals surface area contributed by atoms with Crippen LogP contribution >= 0.6 is 11.8 Å². The molecule has 0 saturated carbocycles. The average Bonchev–Trinajstić information content (AvgIpc) is 3.13. The lowest BCUT2D eigenvalue weighted by Crippen LogP contribution is -2.16. The Bertz CT molecular complexity index is 625. The molecule has 1 atom stereocenters. The Morgan fingerprint density at radius 1 is 1.52 bits per heavy atom. The monoisotopic (exact) mass is 308 g/mol. The molecule has 0 bridgehead atoms. The average molecular weight is 308 g/mol. The third kappa shape index (κ3) is 3.34. The topological polar surface area (TPSA) is 109 Å². The van der Waals surface area contributed by atoms with Gasteiger partial charge in [0.05, 0.1) is 17.6 Å². The molecule has 0 spiro atoms. The first-order valence-corrected chi connectivity index (χ1v) is 7.20. The summed E-state index contributed by atoms with van der Waals surface area (Å²) in [5, 5.41) is 23.3. The fraction of sp³-hybridized carbons (Fsp3) is 0.455. The van der Waals surface area contributed by atoms with Crippen molar-refractivity contribution in [1.82, 2.24) is 25.2 Å². The van der Waals surface area contributed by atoms with Crippen molar-refractivity contribution in [3.63, 3.8) is 0 Å². The van der Waals surface area contributed by atoms with Crippen LogP contribution in [0.25, 0.3) is 0 Å². The summed E-state index contributed by atoms with van der Waals surface area (Å²) in [5.74, 6) is 0. The van der Waals surface area contributed by atoms with E-state index in [1.807, 2.05) is 0 Å². The van der Waals surface area contributed by atoms with Gasteiger partial charge in [0, 0.05) is 12.7 Å². The summed E-state index contributed by atoms with van der Waals surface area (Å²) in [5.41, 5.74) is -0.0432. The van der Waals surface area contributed by atoms with Gasteiger partial charge in [-0.1, -0.05) is 0 Å². The molecular weight excluding hydrogens is 296 g/mol. The van der Waals surface area contributed by atoms with Crippen LogP contribution in [-0.4, -0.2) is 42.8 Å². The second kappa shape index (κ2) is 6.14. The summed E-state index contributed by atoms with van der Waals surface area (Å²) in [7, 11) is 0. The smallest absolute Gasteiger partial charge is 0.287 e. The lowest BCUT2D eigenvalue weighted by molar-refractivity contribution is -0.385. The molecule has 0 N–H and O–H groups in total. The van der Waals surface area contributed by atoms with Crippen LogP contribution in [0.2, 0.25) is 0 Å². The quantitative estimate of drug-likeness (QED) is 0.600. The van der Waals surface area contributed by atoms with Crippen molar-refractivity contribution in [2.45, 2.75) is 35.7 Å². The third-order valence-electron chi connectivity index (χ3n) is 3.03. The Hall–Kier alpha value is -2.07. The van der Waals surface area contributed by atoms with Crippen molar-refractivity contribution in [2.75, 3.05) is 6.61 Å². The number of hydrogen-bond acceptors (Lipinski definition) is 8. The summed E-state index contributed by atoms with van der Waals surface area (Å²) < 4.78 is 7.23. The first-order valence-electron chi connectivity index (χ1n) is 6.38. The van der Waals surface area contributed by atoms with Crippen molar-refractivity contribution in [1.29, 1.82) is 0 Å². The zero-order valence-corrected chi connectivity index (χ0v) is 11.8. The van der Waals surface area contributed by atoms with E-state index in [0.29, 0.717) is 16.7 Å². The summed E-state index contributed by atoms with van der Waals surface area (Å²) in [6.07, 6.45) is 3.41. The van der Waals surface area contributed by atoms with Crippen LogP contribution in [0.3, 0.4) is 0 Å². The Labute approximate surface area is 123 Å². The molecule has 10 heteroatoms. The molecule has 1 fully saturated rings. The largest absolute Gasteiger partial charge is 0.376 e. The second-order valence-electron chi connectivity index (χ2n) is 4.49. The van der Waals surface area contributed by atoms with Crippen LogP contribution in [0, 0.1) is 10.1 Å². The van der Waals surface area contributed by atoms with Crippen LogP contribution in [0.1, 0.15) is 12.8 Å². The lowest BCUT2D eigenvalue weighted by Gasteiger charge is -2.09. The fourth-order valence-electron chi connectivity index (χ4n) is 2.00. The Kier molecular flexibility index (Phi) is 4.06. The first kappa shape index (κ1) is 13.9. The molecule has 1 aliphatic heterocycles. The number of pyridine rings is 1. The van der Waals surface area contributed by atoms with E-state index in [9.17, 15) is 10.1 Å². The van der Waals surface area contributed by atoms with Crippen molar-refractivity contribution in [2.24, 2.45) is 0 Å². The van der Waals surface area contributed by atoms with E-state index in [0.717, 1.165) is 19.4 Å². The van der Waals surface area contributed by atoms with Crippen molar-refractivity contribution in [3.8, 4) is 0 Å². The van der Waals surface area contributed by atoms with E-state index >= 15 is 0 Å². The molecule has 1 aliphatic rings. The highest BCUT2D eigenvalue weighted by molar-refractivity contribution is 7.99. The van der Waals surface area contributed by atoms with Gasteiger partial charge in [0.15, 0.2) is 0 Å². The zero-order chi connectivity index (χ0) is 14.7. The summed E-state index contributed by atoms with van der Waals surface area (Å²) in [6, 6.07) is 2.98. The maximum Gasteiger partial charge on any atom is 0.287 e. The molecular formula is C11H12N6O3S. The third-order valence-corrected chi connectivity index (χ3v) is 3.95. The molecule has 2 aromatic heterocycles. The number of hydrogen-bond donors (Lipinski definition) is 0. The number of tetrazole rings is 1. The van der Waals surface area contributed by atoms with E-state index in [1.165, 1.54) is 24.0 Å². The first-order chi connectivity index (χ1) is 10.2. The van der Waals surface area contributed by atoms with Crippen molar-refractivity contribution >= 4 is 17.4 Å². The number of aromatic nitrogens is 5. The normalized spacial score (nSPS) is 18.0. The Morgan fingerprint density at radius 3 is 3.10 bits per heavy atom. The van der Waals surface area contributed by atoms with Gasteiger partial charge >= 0.3 is 0 Å². The van der Waals surface area contributed by atoms with Gasteiger partial charge in [0.2, 0.25) is 5.16 Å². The van der Waals surface area contributed by atoms with Crippen LogP contribution in [0.5, 0.6) is 0 Å². The van der Waals surface area contributed by atoms with Gasteiger partial charge in [0.25, 0.3) is 5.69 Å². The minimum atomic E-state index is -0.483. The number of ether oxygens (including phenoxy) is 1. The van der Waals surface area contributed by atoms with Crippen molar-refractivity contribution < 1.29 is 9.66 Å². The number of nitro groups is 1. The molecule has 110 valence electrons. The molecule has 1 unspecified atom stereocenters. The molecule has 3 rings (SSSR count). The van der Waals surface area contributed by atoms with Gasteiger partial charge in [0.1, 0.15) is 11.2 Å². The van der Waals surface area contributed by atoms with E-state index in [2.05, 4.69) is 20.5 Å². The number of rotatable bonds is 5. The maximum atomic E-state index is 10.6. The molecule has 1 saturated heterocycles. The summed E-state index contributed by atoms with van der Waals surface area (Å²) in [4.78, 5) is 14.1. The van der Waals surface area contributed by atoms with Gasteiger partial charge < -0.3 is 4.74 Å². The zero-order valence-electron chi connectivity index (χ0n) is 11.0. The Balaban J connectivity index is 1.69. The van der Waals surface area contributed by atoms with Gasteiger partial charge in [-0.25, -0.2) is 9.67 Å². The predicted octanol–water partition coefficient (Wildman–Crippen LogP) is 1.31. The van der Waals surface area contributed by atoms with Crippen molar-refractivity contribution in [3.05, 3.63) is 28.4 Å². The molecule has 9 nitrogen and oxygen atoms in total. The fourth-order valence-corrected chi connectivity index (χ4v) is 2.72. The molecule has 21 heavy (non-hydrogen) atoms. The van der Waals surface area contributed by atoms with Gasteiger partial charge in [-0.2, -0.15) is 0 Å². The van der Waals surface area contributed by atoms with Crippen LogP contribution < -0.4 is 0 Å². The summed E-state index contributed by atoms with van der Waals surface area (Å²) in [6.45, 7) is 1.38. The standard InChI is InChI=1S/C11H12N6O3S/c18-17(19)8-3-4-10(12-6-8)21-11-13-14-15-16(11)7-9-2-1-5-20-9/h3-4,6,9H,1-2,5,7H2. The van der Waals surface area contributed by atoms with Crippen LogP contribution in [-0.2, 0) is 11.3 Å². The molecule has 0 amide bonds. The predicted molar refractivity (Wildman–Crippen MR) is 71.8 cm³/mol. The lowest BCUT2D eigenvalue weighted by atomic mass is 10.2. The van der Waals surface area contributed by atoms with E-state index in [1.54, 1.807) is 10.7 Å². The number of nitrogens with zero attached hydrogens (tertiary/aromatic N) is 6. The molecule has 0 radical (unpaired) electrons. The Morgan fingerprint density at radius 2 is 2.43 bits per heavy atom. The second-order valence-corrected chi connectivity index (χ2v) is 5.48. The minimum Gasteiger partial charge on any atom is -0.376 e. The molecule has 0 aromatic carbocycles. The SMILES string of the molecule is O=[N+]([O-])c1ccc(Sc2nnnn2CC2CCCO2)nc1. The molecule has 2 aromatic rings. The van der Waals surface area contributed by atoms with Gasteiger partial charge in [-0.05, 0) is 41.1 Å². The van der Waals surface area contributed by atoms with Gasteiger partial charge in [-0.3, -0.25) is 10.1 Å². The summed E-state index contributed by atoms with van der Waals surface area (Å²) >= 11 is 1.26. The maximum absolute atomic E-state index is 10.6. The van der Waals surface area contributed by atoms with E-state index in [4.69, 9.17) is 4.74 Å². The van der Waals surface area contributed by atoms with Crippen LogP contribution in [0.15, 0.2) is 28.5 Å². The highest BCUT2D eigenvalue weighted by Crippen LogP contribution is 2.25. The minimum absolute atomic E-state index is 0.0432. The molecule has 3 heterocycles. The van der Waals surface area contributed by atoms with Crippen LogP contribution in [0.4, 0.5) is 5.69 Å². The van der Waals surface area contributed by atoms with E-state index in [-0.39, 0.29) is 11.8 Å². The highest BCUT2D eigenvalue weighted by Gasteiger charge is 2.19. The highest BCUT2D eigenvalue weighted by atomic mass is 32.2. The molecule has 0 aliphatic carbocycles. The van der Waals surface area contributed by atoms with Gasteiger partial charge in [-0.15, -0.1) is 5.10 Å². The van der Waals surface area contributed by atoms with E-state index < -0.39 is 4.92 Å².